The van der Waals surface area contributed by atoms with Gasteiger partial charge in [0.25, 0.3) is 0 Å². The Hall–Kier alpha value is -2.15. The third kappa shape index (κ3) is 1.80. The van der Waals surface area contributed by atoms with Gasteiger partial charge in [-0.3, -0.25) is 4.79 Å². The summed E-state index contributed by atoms with van der Waals surface area (Å²) < 4.78 is 0. The number of hydrogen-bond donors (Lipinski definition) is 0. The molecule has 0 aromatic heterocycles. The van der Waals surface area contributed by atoms with Gasteiger partial charge in [-0.05, 0) is 39.1 Å². The first-order chi connectivity index (χ1) is 10.1. The van der Waals surface area contributed by atoms with Crippen molar-refractivity contribution in [3.8, 4) is 0 Å². The molecule has 0 atom stereocenters. The zero-order chi connectivity index (χ0) is 14.6. The molecule has 0 bridgehead atoms. The number of rotatable bonds is 0. The molecular formula is C20H18O. The number of hydrogen-bond acceptors (Lipinski definition) is 1. The molecule has 0 fully saturated rings. The van der Waals surface area contributed by atoms with Crippen LogP contribution in [0.5, 0.6) is 0 Å². The molecule has 1 aliphatic carbocycles. The van der Waals surface area contributed by atoms with E-state index in [1.807, 2.05) is 0 Å². The van der Waals surface area contributed by atoms with Crippen LogP contribution in [0.4, 0.5) is 0 Å². The minimum Gasteiger partial charge on any atom is -0.299 e. The zero-order valence-corrected chi connectivity index (χ0v) is 12.4. The van der Waals surface area contributed by atoms with Gasteiger partial charge in [-0.15, -0.1) is 0 Å². The number of Topliss-reactive ketones (excluding diaryl/α,β-unsaturated/α-hetero) is 1. The summed E-state index contributed by atoms with van der Waals surface area (Å²) >= 11 is 0. The van der Waals surface area contributed by atoms with Crippen molar-refractivity contribution in [2.24, 2.45) is 5.41 Å². The molecule has 1 nitrogen and oxygen atoms in total. The van der Waals surface area contributed by atoms with E-state index < -0.39 is 0 Å². The molecule has 0 saturated carbocycles. The first kappa shape index (κ1) is 12.6. The Morgan fingerprint density at radius 3 is 2.48 bits per heavy atom. The summed E-state index contributed by atoms with van der Waals surface area (Å²) in [7, 11) is 0. The van der Waals surface area contributed by atoms with Crippen LogP contribution in [0.2, 0.25) is 0 Å². The van der Waals surface area contributed by atoms with Crippen molar-refractivity contribution in [1.29, 1.82) is 0 Å². The summed E-state index contributed by atoms with van der Waals surface area (Å²) in [6.45, 7) is 4.14. The number of ketones is 1. The van der Waals surface area contributed by atoms with E-state index in [0.717, 1.165) is 6.42 Å². The van der Waals surface area contributed by atoms with Crippen LogP contribution in [0.1, 0.15) is 25.0 Å². The van der Waals surface area contributed by atoms with Gasteiger partial charge in [0, 0.05) is 11.8 Å². The number of carbonyl (C=O) groups excluding carboxylic acids is 1. The number of benzene rings is 3. The van der Waals surface area contributed by atoms with Crippen LogP contribution >= 0.6 is 0 Å². The fourth-order valence-corrected chi connectivity index (χ4v) is 3.52. The van der Waals surface area contributed by atoms with Gasteiger partial charge in [0.2, 0.25) is 0 Å². The Morgan fingerprint density at radius 2 is 1.62 bits per heavy atom. The molecule has 1 heteroatoms. The highest BCUT2D eigenvalue weighted by Gasteiger charge is 2.34. The van der Waals surface area contributed by atoms with Gasteiger partial charge in [0.15, 0.2) is 0 Å². The predicted molar refractivity (Wildman–Crippen MR) is 87.7 cm³/mol. The van der Waals surface area contributed by atoms with Gasteiger partial charge in [-0.1, -0.05) is 62.4 Å². The van der Waals surface area contributed by atoms with Crippen LogP contribution in [0.25, 0.3) is 21.5 Å². The minimum atomic E-state index is -0.243. The SMILES string of the molecule is CC1(C)Cc2c(ccc3c2ccc2ccccc23)CC1=O. The summed E-state index contributed by atoms with van der Waals surface area (Å²) in [5.41, 5.74) is 2.33. The van der Waals surface area contributed by atoms with E-state index in [4.69, 9.17) is 0 Å². The maximum atomic E-state index is 12.2. The lowest BCUT2D eigenvalue weighted by Crippen LogP contribution is -2.33. The van der Waals surface area contributed by atoms with Crippen molar-refractivity contribution in [2.45, 2.75) is 26.7 Å². The Kier molecular flexibility index (Phi) is 2.50. The highest BCUT2D eigenvalue weighted by Crippen LogP contribution is 2.38. The van der Waals surface area contributed by atoms with E-state index in [-0.39, 0.29) is 5.41 Å². The maximum absolute atomic E-state index is 12.2. The van der Waals surface area contributed by atoms with Crippen molar-refractivity contribution in [1.82, 2.24) is 0 Å². The Balaban J connectivity index is 2.07. The molecule has 4 rings (SSSR count). The van der Waals surface area contributed by atoms with Crippen LogP contribution < -0.4 is 0 Å². The lowest BCUT2D eigenvalue weighted by atomic mass is 9.72. The lowest BCUT2D eigenvalue weighted by molar-refractivity contribution is -0.127. The van der Waals surface area contributed by atoms with E-state index in [1.54, 1.807) is 0 Å². The second kappa shape index (κ2) is 4.17. The monoisotopic (exact) mass is 274 g/mol. The van der Waals surface area contributed by atoms with Crippen LogP contribution in [0, 0.1) is 5.41 Å². The molecule has 0 amide bonds. The van der Waals surface area contributed by atoms with Crippen molar-refractivity contribution in [3.63, 3.8) is 0 Å². The Morgan fingerprint density at radius 1 is 0.857 bits per heavy atom. The smallest absolute Gasteiger partial charge is 0.143 e. The second-order valence-corrected chi connectivity index (χ2v) is 6.75. The third-order valence-corrected chi connectivity index (χ3v) is 4.86. The van der Waals surface area contributed by atoms with Gasteiger partial charge in [-0.25, -0.2) is 0 Å². The van der Waals surface area contributed by atoms with Crippen LogP contribution in [0.15, 0.2) is 48.5 Å². The topological polar surface area (TPSA) is 17.1 Å². The van der Waals surface area contributed by atoms with E-state index in [1.165, 1.54) is 32.7 Å². The molecule has 0 aliphatic heterocycles. The molecule has 21 heavy (non-hydrogen) atoms. The van der Waals surface area contributed by atoms with Crippen LogP contribution in [-0.2, 0) is 17.6 Å². The van der Waals surface area contributed by atoms with Crippen LogP contribution in [-0.4, -0.2) is 5.78 Å². The fraction of sp³-hybridized carbons (Fsp3) is 0.250. The highest BCUT2D eigenvalue weighted by molar-refractivity contribution is 6.09. The highest BCUT2D eigenvalue weighted by atomic mass is 16.1. The summed E-state index contributed by atoms with van der Waals surface area (Å²) in [4.78, 5) is 12.2. The Labute approximate surface area is 124 Å². The van der Waals surface area contributed by atoms with Gasteiger partial charge in [0.1, 0.15) is 5.78 Å². The first-order valence-corrected chi connectivity index (χ1v) is 7.52. The molecule has 0 saturated heterocycles. The number of fused-ring (bicyclic) bond motifs is 5. The van der Waals surface area contributed by atoms with Gasteiger partial charge in [-0.2, -0.15) is 0 Å². The lowest BCUT2D eigenvalue weighted by Gasteiger charge is -2.30. The van der Waals surface area contributed by atoms with Crippen LogP contribution in [0.3, 0.4) is 0 Å². The van der Waals surface area contributed by atoms with Gasteiger partial charge >= 0.3 is 0 Å². The maximum Gasteiger partial charge on any atom is 0.143 e. The van der Waals surface area contributed by atoms with E-state index >= 15 is 0 Å². The summed E-state index contributed by atoms with van der Waals surface area (Å²) in [5.74, 6) is 0.357. The van der Waals surface area contributed by atoms with Gasteiger partial charge in [0.05, 0.1) is 0 Å². The minimum absolute atomic E-state index is 0.243. The summed E-state index contributed by atoms with van der Waals surface area (Å²) in [6.07, 6.45) is 1.42. The predicted octanol–water partition coefficient (Wildman–Crippen LogP) is 4.69. The van der Waals surface area contributed by atoms with Crippen molar-refractivity contribution in [3.05, 3.63) is 59.7 Å². The molecule has 3 aromatic rings. The summed E-state index contributed by atoms with van der Waals surface area (Å²) in [5, 5.41) is 5.19. The summed E-state index contributed by atoms with van der Waals surface area (Å²) in [6, 6.07) is 17.3. The molecule has 0 heterocycles. The number of carbonyl (C=O) groups is 1. The molecular weight excluding hydrogens is 256 g/mol. The van der Waals surface area contributed by atoms with Crippen molar-refractivity contribution >= 4 is 27.3 Å². The average Bonchev–Trinajstić information content (AvgIpc) is 2.48. The second-order valence-electron chi connectivity index (χ2n) is 6.75. The Bertz CT molecular complexity index is 887. The standard InChI is InChI=1S/C20H18O/c1-20(2)12-18-14(11-19(20)21)8-10-16-15-6-4-3-5-13(15)7-9-17(16)18/h3-10H,11-12H2,1-2H3. The van der Waals surface area contributed by atoms with Crippen molar-refractivity contribution < 1.29 is 4.79 Å². The zero-order valence-electron chi connectivity index (χ0n) is 12.4. The van der Waals surface area contributed by atoms with E-state index in [0.29, 0.717) is 12.2 Å². The van der Waals surface area contributed by atoms with E-state index in [2.05, 4.69) is 62.4 Å². The van der Waals surface area contributed by atoms with Crippen molar-refractivity contribution in [2.75, 3.05) is 0 Å². The molecule has 0 N–H and O–H groups in total. The fourth-order valence-electron chi connectivity index (χ4n) is 3.52. The largest absolute Gasteiger partial charge is 0.299 e. The molecule has 0 radical (unpaired) electrons. The molecule has 3 aromatic carbocycles. The first-order valence-electron chi connectivity index (χ1n) is 7.52. The molecule has 1 aliphatic rings. The average molecular weight is 274 g/mol. The van der Waals surface area contributed by atoms with E-state index in [9.17, 15) is 4.79 Å². The molecule has 0 unspecified atom stereocenters. The quantitative estimate of drug-likeness (QED) is 0.544. The molecule has 104 valence electrons. The normalized spacial score (nSPS) is 17.1. The third-order valence-electron chi connectivity index (χ3n) is 4.86. The molecule has 0 spiro atoms. The van der Waals surface area contributed by atoms with Gasteiger partial charge < -0.3 is 0 Å².